The van der Waals surface area contributed by atoms with Crippen molar-refractivity contribution in [3.05, 3.63) is 64.9 Å². The van der Waals surface area contributed by atoms with Crippen LogP contribution in [-0.2, 0) is 13.1 Å². The van der Waals surface area contributed by atoms with Crippen LogP contribution in [0.25, 0.3) is 11.0 Å². The molecule has 1 aliphatic rings. The molecule has 0 spiro atoms. The zero-order valence-corrected chi connectivity index (χ0v) is 17.8. The monoisotopic (exact) mass is 406 g/mol. The Kier molecular flexibility index (Phi) is 6.09. The van der Waals surface area contributed by atoms with Gasteiger partial charge in [-0.25, -0.2) is 0 Å². The third-order valence-electron chi connectivity index (χ3n) is 6.11. The highest BCUT2D eigenvalue weighted by atomic mass is 16.3. The summed E-state index contributed by atoms with van der Waals surface area (Å²) in [6.07, 6.45) is 4.37. The molecule has 0 atom stereocenters. The summed E-state index contributed by atoms with van der Waals surface area (Å²) in [4.78, 5) is 15.4. The van der Waals surface area contributed by atoms with Gasteiger partial charge in [-0.05, 0) is 44.0 Å². The Bertz CT molecular complexity index is 1020. The largest absolute Gasteiger partial charge is 0.508 e. The number of aryl methyl sites for hydroxylation is 1. The zero-order chi connectivity index (χ0) is 21.1. The first-order valence-corrected chi connectivity index (χ1v) is 10.9. The first kappa shape index (κ1) is 20.5. The van der Waals surface area contributed by atoms with Crippen LogP contribution in [0.1, 0.15) is 59.9 Å². The first-order valence-electron chi connectivity index (χ1n) is 10.9. The molecule has 4 rings (SSSR count). The number of carbonyl (C=O) groups is 1. The molecule has 3 aromatic rings. The van der Waals surface area contributed by atoms with Gasteiger partial charge in [0.2, 0.25) is 0 Å². The lowest BCUT2D eigenvalue weighted by Gasteiger charge is -2.22. The van der Waals surface area contributed by atoms with Gasteiger partial charge in [0.05, 0.1) is 5.56 Å². The third kappa shape index (κ3) is 4.21. The maximum Gasteiger partial charge on any atom is 0.255 e. The minimum absolute atomic E-state index is 0.101. The molecule has 0 bridgehead atoms. The van der Waals surface area contributed by atoms with E-state index in [1.807, 2.05) is 25.1 Å². The van der Waals surface area contributed by atoms with Gasteiger partial charge in [0.25, 0.3) is 5.91 Å². The van der Waals surface area contributed by atoms with Crippen molar-refractivity contribution >= 4 is 16.9 Å². The molecule has 0 radical (unpaired) electrons. The topological polar surface area (TPSA) is 65.7 Å². The predicted molar refractivity (Wildman–Crippen MR) is 119 cm³/mol. The molecule has 1 aromatic heterocycles. The van der Waals surface area contributed by atoms with E-state index in [-0.39, 0.29) is 17.7 Å². The second kappa shape index (κ2) is 8.92. The summed E-state index contributed by atoms with van der Waals surface area (Å²) in [5, 5.41) is 14.6. The molecule has 0 saturated heterocycles. The van der Waals surface area contributed by atoms with Crippen molar-refractivity contribution in [3.63, 3.8) is 0 Å². The molecule has 158 valence electrons. The lowest BCUT2D eigenvalue weighted by Crippen LogP contribution is -2.33. The van der Waals surface area contributed by atoms with Crippen LogP contribution in [0.3, 0.4) is 0 Å². The van der Waals surface area contributed by atoms with Gasteiger partial charge in [0.15, 0.2) is 0 Å². The van der Waals surface area contributed by atoms with Gasteiger partial charge in [0, 0.05) is 30.1 Å². The summed E-state index contributed by atoms with van der Waals surface area (Å²) in [6.45, 7) is 6.07. The smallest absolute Gasteiger partial charge is 0.255 e. The SMILES string of the molecule is CCN(Cc1ccccc1)Cc1c(O)ccc2oc(C)c(C(=O)NC3CCCC3)c12. The Morgan fingerprint density at radius 3 is 2.57 bits per heavy atom. The van der Waals surface area contributed by atoms with E-state index in [0.29, 0.717) is 23.5 Å². The van der Waals surface area contributed by atoms with Crippen LogP contribution in [0.4, 0.5) is 0 Å². The summed E-state index contributed by atoms with van der Waals surface area (Å²) in [6, 6.07) is 13.9. The fourth-order valence-corrected chi connectivity index (χ4v) is 4.47. The van der Waals surface area contributed by atoms with E-state index in [4.69, 9.17) is 4.42 Å². The maximum atomic E-state index is 13.1. The van der Waals surface area contributed by atoms with Crippen LogP contribution >= 0.6 is 0 Å². The molecule has 1 aliphatic carbocycles. The standard InChI is InChI=1S/C25H30N2O3/c1-3-27(15-18-9-5-4-6-10-18)16-20-21(28)13-14-22-24(20)23(17(2)30-22)25(29)26-19-11-7-8-12-19/h4-6,9-10,13-14,19,28H,3,7-8,11-12,15-16H2,1-2H3,(H,26,29). The number of amides is 1. The Labute approximate surface area is 177 Å². The number of nitrogens with one attached hydrogen (secondary N) is 1. The number of phenols is 1. The first-order chi connectivity index (χ1) is 14.6. The van der Waals surface area contributed by atoms with Crippen LogP contribution < -0.4 is 5.32 Å². The van der Waals surface area contributed by atoms with E-state index < -0.39 is 0 Å². The van der Waals surface area contributed by atoms with Gasteiger partial charge in [0.1, 0.15) is 17.1 Å². The minimum Gasteiger partial charge on any atom is -0.508 e. The molecular weight excluding hydrogens is 376 g/mol. The van der Waals surface area contributed by atoms with E-state index in [1.54, 1.807) is 12.1 Å². The summed E-state index contributed by atoms with van der Waals surface area (Å²) >= 11 is 0. The summed E-state index contributed by atoms with van der Waals surface area (Å²) in [5.74, 6) is 0.694. The van der Waals surface area contributed by atoms with Crippen molar-refractivity contribution < 1.29 is 14.3 Å². The van der Waals surface area contributed by atoms with Crippen molar-refractivity contribution in [2.75, 3.05) is 6.54 Å². The lowest BCUT2D eigenvalue weighted by atomic mass is 10.0. The second-order valence-corrected chi connectivity index (χ2v) is 8.21. The predicted octanol–water partition coefficient (Wildman–Crippen LogP) is 5.14. The molecular formula is C25H30N2O3. The average molecular weight is 407 g/mol. The van der Waals surface area contributed by atoms with Crippen LogP contribution in [0.15, 0.2) is 46.9 Å². The summed E-state index contributed by atoms with van der Waals surface area (Å²) in [7, 11) is 0. The lowest BCUT2D eigenvalue weighted by molar-refractivity contribution is 0.0937. The van der Waals surface area contributed by atoms with E-state index in [2.05, 4.69) is 29.3 Å². The van der Waals surface area contributed by atoms with E-state index >= 15 is 0 Å². The number of hydrogen-bond donors (Lipinski definition) is 2. The average Bonchev–Trinajstić information content (AvgIpc) is 3.37. The van der Waals surface area contributed by atoms with Gasteiger partial charge in [-0.1, -0.05) is 50.1 Å². The number of carbonyl (C=O) groups excluding carboxylic acids is 1. The highest BCUT2D eigenvalue weighted by Crippen LogP contribution is 2.35. The van der Waals surface area contributed by atoms with Crippen LogP contribution in [0.5, 0.6) is 5.75 Å². The number of hydrogen-bond acceptors (Lipinski definition) is 4. The van der Waals surface area contributed by atoms with Gasteiger partial charge in [-0.3, -0.25) is 9.69 Å². The molecule has 2 N–H and O–H groups in total. The van der Waals surface area contributed by atoms with Gasteiger partial charge in [-0.15, -0.1) is 0 Å². The molecule has 30 heavy (non-hydrogen) atoms. The molecule has 0 unspecified atom stereocenters. The number of nitrogens with zero attached hydrogens (tertiary/aromatic N) is 1. The van der Waals surface area contributed by atoms with Crippen LogP contribution in [-0.4, -0.2) is 28.5 Å². The highest BCUT2D eigenvalue weighted by Gasteiger charge is 2.26. The van der Waals surface area contributed by atoms with Crippen LogP contribution in [0, 0.1) is 6.92 Å². The summed E-state index contributed by atoms with van der Waals surface area (Å²) in [5.41, 5.74) is 3.17. The number of fused-ring (bicyclic) bond motifs is 1. The maximum absolute atomic E-state index is 13.1. The van der Waals surface area contributed by atoms with Crippen molar-refractivity contribution in [2.45, 2.75) is 58.7 Å². The molecule has 1 saturated carbocycles. The molecule has 1 heterocycles. The Hall–Kier alpha value is -2.79. The number of phenolic OH excluding ortho intramolecular Hbond substituents is 1. The van der Waals surface area contributed by atoms with Crippen molar-refractivity contribution in [1.29, 1.82) is 0 Å². The number of furan rings is 1. The fourth-order valence-electron chi connectivity index (χ4n) is 4.47. The summed E-state index contributed by atoms with van der Waals surface area (Å²) < 4.78 is 5.92. The minimum atomic E-state index is -0.101. The number of rotatable bonds is 7. The van der Waals surface area contributed by atoms with Crippen molar-refractivity contribution in [1.82, 2.24) is 10.2 Å². The zero-order valence-electron chi connectivity index (χ0n) is 17.8. The highest BCUT2D eigenvalue weighted by molar-refractivity contribution is 6.09. The second-order valence-electron chi connectivity index (χ2n) is 8.21. The number of aromatic hydroxyl groups is 1. The molecule has 0 aliphatic heterocycles. The van der Waals surface area contributed by atoms with E-state index in [0.717, 1.165) is 49.7 Å². The normalized spacial score (nSPS) is 14.6. The van der Waals surface area contributed by atoms with Gasteiger partial charge >= 0.3 is 0 Å². The number of benzene rings is 2. The Morgan fingerprint density at radius 1 is 1.13 bits per heavy atom. The fraction of sp³-hybridized carbons (Fsp3) is 0.400. The van der Waals surface area contributed by atoms with E-state index in [9.17, 15) is 9.90 Å². The molecule has 5 nitrogen and oxygen atoms in total. The Balaban J connectivity index is 1.68. The Morgan fingerprint density at radius 2 is 1.87 bits per heavy atom. The molecule has 2 aromatic carbocycles. The van der Waals surface area contributed by atoms with Crippen molar-refractivity contribution in [2.24, 2.45) is 0 Å². The third-order valence-corrected chi connectivity index (χ3v) is 6.11. The van der Waals surface area contributed by atoms with Gasteiger partial charge < -0.3 is 14.8 Å². The molecule has 5 heteroatoms. The van der Waals surface area contributed by atoms with Crippen LogP contribution in [0.2, 0.25) is 0 Å². The van der Waals surface area contributed by atoms with Gasteiger partial charge in [-0.2, -0.15) is 0 Å². The van der Waals surface area contributed by atoms with E-state index in [1.165, 1.54) is 5.56 Å². The van der Waals surface area contributed by atoms with Crippen molar-refractivity contribution in [3.8, 4) is 5.75 Å². The quantitative estimate of drug-likeness (QED) is 0.570. The molecule has 1 amide bonds. The molecule has 1 fully saturated rings.